The van der Waals surface area contributed by atoms with E-state index in [4.69, 9.17) is 26.1 Å². The smallest absolute Gasteiger partial charge is 0.410 e. The third kappa shape index (κ3) is 5.50. The third-order valence-electron chi connectivity index (χ3n) is 4.97. The van der Waals surface area contributed by atoms with Gasteiger partial charge < -0.3 is 14.4 Å². The first-order chi connectivity index (χ1) is 13.7. The normalized spacial score (nSPS) is 18.6. The molecule has 2 atom stereocenters. The lowest BCUT2D eigenvalue weighted by atomic mass is 9.91. The minimum atomic E-state index is -0.494. The predicted octanol–water partition coefficient (Wildman–Crippen LogP) is 6.11. The van der Waals surface area contributed by atoms with Gasteiger partial charge in [-0.15, -0.1) is 11.3 Å². The number of methoxy groups -OCH3 is 1. The summed E-state index contributed by atoms with van der Waals surface area (Å²) in [5.74, 6) is 0.207. The van der Waals surface area contributed by atoms with E-state index in [1.807, 2.05) is 56.9 Å². The number of nitrogens with zero attached hydrogens (tertiary/aromatic N) is 2. The van der Waals surface area contributed by atoms with E-state index >= 15 is 0 Å². The number of carbonyl (C=O) groups excluding carboxylic acids is 1. The number of carbonyl (C=O) groups is 1. The molecule has 1 amide bonds. The molecule has 2 heterocycles. The molecular weight excluding hydrogens is 408 g/mol. The lowest BCUT2D eigenvalue weighted by Gasteiger charge is -2.36. The van der Waals surface area contributed by atoms with Crippen molar-refractivity contribution in [3.05, 3.63) is 39.9 Å². The summed E-state index contributed by atoms with van der Waals surface area (Å²) in [7, 11) is 1.73. The van der Waals surface area contributed by atoms with Crippen LogP contribution in [0.2, 0.25) is 5.02 Å². The molecule has 2 aromatic rings. The van der Waals surface area contributed by atoms with Crippen molar-refractivity contribution < 1.29 is 14.3 Å². The highest BCUT2D eigenvalue weighted by Crippen LogP contribution is 2.39. The van der Waals surface area contributed by atoms with Gasteiger partial charge >= 0.3 is 6.09 Å². The summed E-state index contributed by atoms with van der Waals surface area (Å²) in [6.45, 7) is 9.04. The van der Waals surface area contributed by atoms with Gasteiger partial charge in [0.15, 0.2) is 0 Å². The summed E-state index contributed by atoms with van der Waals surface area (Å²) in [6, 6.07) is 7.72. The van der Waals surface area contributed by atoms with Gasteiger partial charge in [-0.1, -0.05) is 23.7 Å². The molecule has 0 radical (unpaired) electrons. The van der Waals surface area contributed by atoms with Crippen LogP contribution in [0.15, 0.2) is 24.3 Å². The molecule has 3 rings (SSSR count). The van der Waals surface area contributed by atoms with Gasteiger partial charge in [-0.3, -0.25) is 0 Å². The Kier molecular flexibility index (Phi) is 6.87. The van der Waals surface area contributed by atoms with Crippen LogP contribution in [-0.4, -0.2) is 41.8 Å². The molecule has 1 saturated heterocycles. The van der Waals surface area contributed by atoms with E-state index in [1.54, 1.807) is 18.4 Å². The summed E-state index contributed by atoms with van der Waals surface area (Å²) in [5.41, 5.74) is 1.52. The quantitative estimate of drug-likeness (QED) is 0.580. The maximum absolute atomic E-state index is 12.5. The Balaban J connectivity index is 1.78. The van der Waals surface area contributed by atoms with E-state index in [1.165, 1.54) is 0 Å². The number of halogens is 1. The predicted molar refractivity (Wildman–Crippen MR) is 118 cm³/mol. The zero-order valence-electron chi connectivity index (χ0n) is 17.7. The van der Waals surface area contributed by atoms with Gasteiger partial charge in [0.2, 0.25) is 0 Å². The fraction of sp³-hybridized carbons (Fsp3) is 0.545. The summed E-state index contributed by atoms with van der Waals surface area (Å²) in [5, 5.41) is 1.66. The molecule has 1 aliphatic rings. The van der Waals surface area contributed by atoms with Crippen molar-refractivity contribution in [2.24, 2.45) is 5.92 Å². The molecule has 0 aliphatic carbocycles. The van der Waals surface area contributed by atoms with Gasteiger partial charge in [-0.25, -0.2) is 9.78 Å². The molecule has 0 spiro atoms. The second-order valence-electron chi connectivity index (χ2n) is 8.46. The number of likely N-dealkylation sites (tertiary alicyclic amines) is 1. The van der Waals surface area contributed by atoms with E-state index in [0.717, 1.165) is 40.5 Å². The van der Waals surface area contributed by atoms with Gasteiger partial charge in [-0.05, 0) is 52.7 Å². The van der Waals surface area contributed by atoms with Crippen LogP contribution in [0, 0.1) is 12.8 Å². The van der Waals surface area contributed by atoms with Crippen molar-refractivity contribution in [1.29, 1.82) is 0 Å². The number of amides is 1. The van der Waals surface area contributed by atoms with Crippen LogP contribution in [0.5, 0.6) is 0 Å². The van der Waals surface area contributed by atoms with Gasteiger partial charge in [0.05, 0.1) is 16.7 Å². The topological polar surface area (TPSA) is 51.7 Å². The highest BCUT2D eigenvalue weighted by molar-refractivity contribution is 7.15. The van der Waals surface area contributed by atoms with Crippen molar-refractivity contribution in [2.45, 2.75) is 52.2 Å². The molecule has 29 heavy (non-hydrogen) atoms. The largest absolute Gasteiger partial charge is 0.444 e. The Labute approximate surface area is 182 Å². The number of ether oxygens (including phenoxy) is 2. The van der Waals surface area contributed by atoms with Crippen LogP contribution in [0.3, 0.4) is 0 Å². The molecule has 2 unspecified atom stereocenters. The minimum absolute atomic E-state index is 0.0983. The zero-order valence-corrected chi connectivity index (χ0v) is 19.3. The van der Waals surface area contributed by atoms with Gasteiger partial charge in [0.25, 0.3) is 0 Å². The Morgan fingerprint density at radius 3 is 2.62 bits per heavy atom. The Morgan fingerprint density at radius 2 is 2.00 bits per heavy atom. The van der Waals surface area contributed by atoms with Crippen molar-refractivity contribution in [3.63, 3.8) is 0 Å². The monoisotopic (exact) mass is 436 g/mol. The number of hydrogen-bond acceptors (Lipinski definition) is 5. The highest BCUT2D eigenvalue weighted by atomic mass is 35.5. The SMILES string of the molecule is COC(c1sc(-c2ccc(Cl)cc2)nc1C)C1CCCN(C(=O)OC(C)(C)C)C1. The van der Waals surface area contributed by atoms with Crippen LogP contribution in [0.4, 0.5) is 4.79 Å². The number of piperidine rings is 1. The Bertz CT molecular complexity index is 845. The third-order valence-corrected chi connectivity index (χ3v) is 6.49. The van der Waals surface area contributed by atoms with E-state index in [0.29, 0.717) is 11.6 Å². The number of aryl methyl sites for hydroxylation is 1. The molecule has 0 N–H and O–H groups in total. The molecule has 5 nitrogen and oxygen atoms in total. The maximum atomic E-state index is 12.5. The molecule has 158 valence electrons. The number of aromatic nitrogens is 1. The average molecular weight is 437 g/mol. The fourth-order valence-corrected chi connectivity index (χ4v) is 5.02. The second kappa shape index (κ2) is 9.02. The summed E-state index contributed by atoms with van der Waals surface area (Å²) < 4.78 is 11.5. The Hall–Kier alpha value is -1.63. The molecule has 1 aliphatic heterocycles. The van der Waals surface area contributed by atoms with Crippen LogP contribution in [0.1, 0.15) is 50.3 Å². The number of benzene rings is 1. The standard InChI is InChI=1S/C22H29ClN2O3S/c1-14-19(29-20(24-14)15-8-10-17(23)11-9-15)18(27-5)16-7-6-12-25(13-16)21(26)28-22(2,3)4/h8-11,16,18H,6-7,12-13H2,1-5H3. The minimum Gasteiger partial charge on any atom is -0.444 e. The summed E-state index contributed by atoms with van der Waals surface area (Å²) in [6.07, 6.45) is 1.59. The van der Waals surface area contributed by atoms with Gasteiger partial charge in [0, 0.05) is 36.7 Å². The first-order valence-corrected chi connectivity index (χ1v) is 11.1. The molecule has 1 fully saturated rings. The van der Waals surface area contributed by atoms with E-state index < -0.39 is 5.60 Å². The van der Waals surface area contributed by atoms with Crippen LogP contribution in [0.25, 0.3) is 10.6 Å². The van der Waals surface area contributed by atoms with E-state index in [2.05, 4.69) is 0 Å². The molecule has 0 bridgehead atoms. The van der Waals surface area contributed by atoms with E-state index in [-0.39, 0.29) is 18.1 Å². The van der Waals surface area contributed by atoms with Crippen LogP contribution < -0.4 is 0 Å². The molecule has 1 aromatic heterocycles. The number of thiazole rings is 1. The molecular formula is C22H29ClN2O3S. The number of hydrogen-bond donors (Lipinski definition) is 0. The fourth-order valence-electron chi connectivity index (χ4n) is 3.65. The summed E-state index contributed by atoms with van der Waals surface area (Å²) >= 11 is 7.66. The zero-order chi connectivity index (χ0) is 21.2. The van der Waals surface area contributed by atoms with Crippen molar-refractivity contribution >= 4 is 29.0 Å². The lowest BCUT2D eigenvalue weighted by molar-refractivity contribution is -0.00809. The van der Waals surface area contributed by atoms with Crippen molar-refractivity contribution in [1.82, 2.24) is 9.88 Å². The number of rotatable bonds is 4. The summed E-state index contributed by atoms with van der Waals surface area (Å²) in [4.78, 5) is 20.2. The van der Waals surface area contributed by atoms with Gasteiger partial charge in [-0.2, -0.15) is 0 Å². The Morgan fingerprint density at radius 1 is 1.31 bits per heavy atom. The highest BCUT2D eigenvalue weighted by Gasteiger charge is 2.34. The molecule has 0 saturated carbocycles. The van der Waals surface area contributed by atoms with Crippen LogP contribution >= 0.6 is 22.9 Å². The van der Waals surface area contributed by atoms with Crippen molar-refractivity contribution in [3.8, 4) is 10.6 Å². The van der Waals surface area contributed by atoms with Crippen molar-refractivity contribution in [2.75, 3.05) is 20.2 Å². The maximum Gasteiger partial charge on any atom is 0.410 e. The first-order valence-electron chi connectivity index (χ1n) is 9.92. The first kappa shape index (κ1) is 22.1. The molecule has 7 heteroatoms. The van der Waals surface area contributed by atoms with Gasteiger partial charge in [0.1, 0.15) is 10.6 Å². The average Bonchev–Trinajstić information content (AvgIpc) is 3.03. The van der Waals surface area contributed by atoms with Crippen LogP contribution in [-0.2, 0) is 9.47 Å². The van der Waals surface area contributed by atoms with E-state index in [9.17, 15) is 4.79 Å². The lowest BCUT2D eigenvalue weighted by Crippen LogP contribution is -2.44. The second-order valence-corrected chi connectivity index (χ2v) is 9.93. The molecule has 1 aromatic carbocycles.